The van der Waals surface area contributed by atoms with Crippen LogP contribution in [0.25, 0.3) is 0 Å². The van der Waals surface area contributed by atoms with E-state index in [1.54, 1.807) is 12.1 Å². The first kappa shape index (κ1) is 21.0. The molecule has 1 aliphatic heterocycles. The number of benzene rings is 2. The van der Waals surface area contributed by atoms with Crippen molar-refractivity contribution >= 4 is 34.8 Å². The van der Waals surface area contributed by atoms with E-state index in [1.165, 1.54) is 12.8 Å². The SMILES string of the molecule is Cc1ccccc1CC(=O)NC(=S)Nc1ccc(C(=O)N2CCCCCC2)cc1. The van der Waals surface area contributed by atoms with E-state index in [-0.39, 0.29) is 23.3 Å². The van der Waals surface area contributed by atoms with Crippen LogP contribution in [0.1, 0.15) is 47.2 Å². The maximum absolute atomic E-state index is 12.7. The second-order valence-electron chi connectivity index (χ2n) is 7.39. The Labute approximate surface area is 177 Å². The maximum atomic E-state index is 12.7. The lowest BCUT2D eigenvalue weighted by molar-refractivity contribution is -0.119. The lowest BCUT2D eigenvalue weighted by Crippen LogP contribution is -2.35. The van der Waals surface area contributed by atoms with Gasteiger partial charge < -0.3 is 15.5 Å². The van der Waals surface area contributed by atoms with E-state index in [2.05, 4.69) is 10.6 Å². The Morgan fingerprint density at radius 3 is 2.28 bits per heavy atom. The average Bonchev–Trinajstić information content (AvgIpc) is 2.99. The minimum absolute atomic E-state index is 0.0764. The van der Waals surface area contributed by atoms with E-state index in [0.717, 1.165) is 42.7 Å². The van der Waals surface area contributed by atoms with Gasteiger partial charge in [-0.2, -0.15) is 0 Å². The summed E-state index contributed by atoms with van der Waals surface area (Å²) in [6.07, 6.45) is 4.81. The van der Waals surface area contributed by atoms with Gasteiger partial charge in [0.2, 0.25) is 5.91 Å². The van der Waals surface area contributed by atoms with Crippen LogP contribution in [0.4, 0.5) is 5.69 Å². The Bertz CT molecular complexity index is 872. The monoisotopic (exact) mass is 409 g/mol. The molecule has 2 amide bonds. The highest BCUT2D eigenvalue weighted by Crippen LogP contribution is 2.16. The van der Waals surface area contributed by atoms with Crippen LogP contribution in [0.3, 0.4) is 0 Å². The normalized spacial score (nSPS) is 14.0. The molecule has 0 aromatic heterocycles. The highest BCUT2D eigenvalue weighted by Gasteiger charge is 2.17. The van der Waals surface area contributed by atoms with Crippen molar-refractivity contribution in [2.45, 2.75) is 39.0 Å². The van der Waals surface area contributed by atoms with Crippen molar-refractivity contribution in [3.8, 4) is 0 Å². The van der Waals surface area contributed by atoms with Gasteiger partial charge in [-0.3, -0.25) is 9.59 Å². The highest BCUT2D eigenvalue weighted by molar-refractivity contribution is 7.80. The van der Waals surface area contributed by atoms with Crippen LogP contribution in [0, 0.1) is 6.92 Å². The van der Waals surface area contributed by atoms with Gasteiger partial charge in [-0.05, 0) is 67.4 Å². The van der Waals surface area contributed by atoms with E-state index < -0.39 is 0 Å². The van der Waals surface area contributed by atoms with Crippen LogP contribution in [0.15, 0.2) is 48.5 Å². The number of carbonyl (C=O) groups excluding carboxylic acids is 2. The fraction of sp³-hybridized carbons (Fsp3) is 0.348. The van der Waals surface area contributed by atoms with Gasteiger partial charge in [0.25, 0.3) is 5.91 Å². The Balaban J connectivity index is 1.52. The topological polar surface area (TPSA) is 61.4 Å². The quantitative estimate of drug-likeness (QED) is 0.748. The van der Waals surface area contributed by atoms with E-state index in [4.69, 9.17) is 12.2 Å². The third kappa shape index (κ3) is 6.12. The van der Waals surface area contributed by atoms with Gasteiger partial charge in [0.1, 0.15) is 0 Å². The summed E-state index contributed by atoms with van der Waals surface area (Å²) in [4.78, 5) is 26.8. The number of likely N-dealkylation sites (tertiary alicyclic amines) is 1. The zero-order valence-corrected chi connectivity index (χ0v) is 17.6. The Hall–Kier alpha value is -2.73. The summed E-state index contributed by atoms with van der Waals surface area (Å²) >= 11 is 5.25. The number of nitrogens with one attached hydrogen (secondary N) is 2. The largest absolute Gasteiger partial charge is 0.339 e. The molecule has 1 heterocycles. The lowest BCUT2D eigenvalue weighted by atomic mass is 10.1. The predicted octanol–water partition coefficient (Wildman–Crippen LogP) is 4.07. The number of hydrogen-bond acceptors (Lipinski definition) is 3. The minimum Gasteiger partial charge on any atom is -0.339 e. The zero-order valence-electron chi connectivity index (χ0n) is 16.7. The molecule has 0 saturated carbocycles. The van der Waals surface area contributed by atoms with Crippen LogP contribution in [-0.4, -0.2) is 34.9 Å². The van der Waals surface area contributed by atoms with Crippen molar-refractivity contribution in [1.82, 2.24) is 10.2 Å². The fourth-order valence-corrected chi connectivity index (χ4v) is 3.70. The van der Waals surface area contributed by atoms with Crippen molar-refractivity contribution in [2.24, 2.45) is 0 Å². The van der Waals surface area contributed by atoms with Crippen LogP contribution in [0.2, 0.25) is 0 Å². The Kier molecular flexibility index (Phi) is 7.36. The molecule has 0 atom stereocenters. The molecule has 2 N–H and O–H groups in total. The first-order chi connectivity index (χ1) is 14.0. The van der Waals surface area contributed by atoms with Crippen LogP contribution in [0.5, 0.6) is 0 Å². The summed E-state index contributed by atoms with van der Waals surface area (Å²) < 4.78 is 0. The molecule has 1 saturated heterocycles. The molecule has 0 radical (unpaired) electrons. The third-order valence-electron chi connectivity index (χ3n) is 5.15. The van der Waals surface area contributed by atoms with E-state index >= 15 is 0 Å². The van der Waals surface area contributed by atoms with Gasteiger partial charge in [0.05, 0.1) is 6.42 Å². The number of thiocarbonyl (C=S) groups is 1. The minimum atomic E-state index is -0.162. The summed E-state index contributed by atoms with van der Waals surface area (Å²) in [5, 5.41) is 5.96. The van der Waals surface area contributed by atoms with Gasteiger partial charge in [-0.25, -0.2) is 0 Å². The molecule has 1 fully saturated rings. The first-order valence-electron chi connectivity index (χ1n) is 10.1. The van der Waals surface area contributed by atoms with Crippen LogP contribution < -0.4 is 10.6 Å². The number of hydrogen-bond donors (Lipinski definition) is 2. The van der Waals surface area contributed by atoms with Crippen molar-refractivity contribution in [3.63, 3.8) is 0 Å². The number of amides is 2. The zero-order chi connectivity index (χ0) is 20.6. The highest BCUT2D eigenvalue weighted by atomic mass is 32.1. The van der Waals surface area contributed by atoms with E-state index in [9.17, 15) is 9.59 Å². The molecule has 3 rings (SSSR count). The smallest absolute Gasteiger partial charge is 0.253 e. The summed E-state index contributed by atoms with van der Waals surface area (Å²) in [5.41, 5.74) is 3.46. The number of rotatable bonds is 4. The van der Waals surface area contributed by atoms with Crippen LogP contribution >= 0.6 is 12.2 Å². The molecule has 2 aromatic carbocycles. The van der Waals surface area contributed by atoms with Crippen molar-refractivity contribution in [2.75, 3.05) is 18.4 Å². The number of aryl methyl sites for hydroxylation is 1. The van der Waals surface area contributed by atoms with Gasteiger partial charge in [0.15, 0.2) is 5.11 Å². The van der Waals surface area contributed by atoms with Gasteiger partial charge in [-0.15, -0.1) is 0 Å². The molecule has 1 aliphatic rings. The molecule has 0 unspecified atom stereocenters. The Morgan fingerprint density at radius 2 is 1.62 bits per heavy atom. The second kappa shape index (κ2) is 10.2. The van der Waals surface area contributed by atoms with Gasteiger partial charge in [0, 0.05) is 24.3 Å². The van der Waals surface area contributed by atoms with Gasteiger partial charge >= 0.3 is 0 Å². The first-order valence-corrected chi connectivity index (χ1v) is 10.5. The maximum Gasteiger partial charge on any atom is 0.253 e. The second-order valence-corrected chi connectivity index (χ2v) is 7.80. The Morgan fingerprint density at radius 1 is 0.966 bits per heavy atom. The molecular weight excluding hydrogens is 382 g/mol. The molecule has 29 heavy (non-hydrogen) atoms. The van der Waals surface area contributed by atoms with Crippen molar-refractivity contribution in [1.29, 1.82) is 0 Å². The molecule has 5 nitrogen and oxygen atoms in total. The summed E-state index contributed by atoms with van der Waals surface area (Å²) in [5.74, 6) is -0.0858. The third-order valence-corrected chi connectivity index (χ3v) is 5.35. The number of nitrogens with zero attached hydrogens (tertiary/aromatic N) is 1. The summed E-state index contributed by atoms with van der Waals surface area (Å²) in [7, 11) is 0. The molecule has 6 heteroatoms. The standard InChI is InChI=1S/C23H27N3O2S/c1-17-8-4-5-9-19(17)16-21(27)25-23(29)24-20-12-10-18(11-13-20)22(28)26-14-6-2-3-7-15-26/h4-5,8-13H,2-3,6-7,14-16H2,1H3,(H2,24,25,27,29). The number of anilines is 1. The predicted molar refractivity (Wildman–Crippen MR) is 120 cm³/mol. The fourth-order valence-electron chi connectivity index (χ4n) is 3.47. The molecule has 0 bridgehead atoms. The summed E-state index contributed by atoms with van der Waals surface area (Å²) in [6, 6.07) is 15.0. The lowest BCUT2D eigenvalue weighted by Gasteiger charge is -2.20. The average molecular weight is 410 g/mol. The molecule has 2 aromatic rings. The van der Waals surface area contributed by atoms with Crippen molar-refractivity contribution < 1.29 is 9.59 Å². The molecule has 152 valence electrons. The molecular formula is C23H27N3O2S. The van der Waals surface area contributed by atoms with Gasteiger partial charge in [-0.1, -0.05) is 37.1 Å². The summed E-state index contributed by atoms with van der Waals surface area (Å²) in [6.45, 7) is 3.64. The van der Waals surface area contributed by atoms with Crippen LogP contribution in [-0.2, 0) is 11.2 Å². The molecule has 0 aliphatic carbocycles. The number of carbonyl (C=O) groups is 2. The van der Waals surface area contributed by atoms with E-state index in [1.807, 2.05) is 48.2 Å². The van der Waals surface area contributed by atoms with E-state index in [0.29, 0.717) is 5.56 Å². The van der Waals surface area contributed by atoms with Crippen molar-refractivity contribution in [3.05, 3.63) is 65.2 Å². The molecule has 0 spiro atoms.